The minimum absolute atomic E-state index is 0.185. The number of unbranched alkanes of at least 4 members (excludes halogenated alkanes) is 1. The van der Waals surface area contributed by atoms with Crippen LogP contribution in [-0.4, -0.2) is 30.7 Å². The molecule has 0 aliphatic rings. The Bertz CT molecular complexity index is 85.8. The summed E-state index contributed by atoms with van der Waals surface area (Å²) in [6, 6.07) is 0.558. The van der Waals surface area contributed by atoms with Gasteiger partial charge in [0, 0.05) is 12.6 Å². The molecule has 1 nitrogen and oxygen atoms in total. The molecule has 0 radical (unpaired) electrons. The highest BCUT2D eigenvalue weighted by Gasteiger charge is 2.07. The number of hydrogen-bond donors (Lipinski definition) is 0. The Hall–Kier alpha value is -0.110. The maximum absolute atomic E-state index is 11.9. The van der Waals surface area contributed by atoms with E-state index < -0.39 is 0 Å². The second-order valence-corrected chi connectivity index (χ2v) is 3.53. The van der Waals surface area contributed by atoms with Crippen LogP contribution in [0.5, 0.6) is 0 Å². The van der Waals surface area contributed by atoms with Gasteiger partial charge in [0.1, 0.15) is 0 Å². The van der Waals surface area contributed by atoms with Crippen molar-refractivity contribution in [2.24, 2.45) is 0 Å². The van der Waals surface area contributed by atoms with Crippen molar-refractivity contribution in [2.75, 3.05) is 19.8 Å². The van der Waals surface area contributed by atoms with E-state index in [-0.39, 0.29) is 6.67 Å². The van der Waals surface area contributed by atoms with Crippen molar-refractivity contribution in [3.63, 3.8) is 0 Å². The molecule has 0 aliphatic heterocycles. The molecule has 0 saturated carbocycles. The van der Waals surface area contributed by atoms with Crippen LogP contribution in [-0.2, 0) is 0 Å². The van der Waals surface area contributed by atoms with Gasteiger partial charge in [-0.25, -0.2) is 0 Å². The van der Waals surface area contributed by atoms with Crippen molar-refractivity contribution in [1.82, 2.24) is 4.90 Å². The fourth-order valence-electron chi connectivity index (χ4n) is 1.25. The van der Waals surface area contributed by atoms with E-state index in [9.17, 15) is 4.39 Å². The molecule has 0 aromatic rings. The van der Waals surface area contributed by atoms with E-state index in [0.29, 0.717) is 12.5 Å². The summed E-state index contributed by atoms with van der Waals surface area (Å²) in [5, 5.41) is 0. The average molecular weight is 175 g/mol. The lowest BCUT2D eigenvalue weighted by atomic mass is 10.2. The van der Waals surface area contributed by atoms with Crippen LogP contribution in [0.2, 0.25) is 0 Å². The first-order valence-corrected chi connectivity index (χ1v) is 5.02. The highest BCUT2D eigenvalue weighted by atomic mass is 19.1. The summed E-state index contributed by atoms with van der Waals surface area (Å²) in [5.74, 6) is 0. The van der Waals surface area contributed by atoms with Gasteiger partial charge in [0.25, 0.3) is 0 Å². The molecule has 0 heterocycles. The minimum Gasteiger partial charge on any atom is -0.301 e. The Kier molecular flexibility index (Phi) is 7.47. The molecule has 0 aromatic carbocycles. The van der Waals surface area contributed by atoms with Gasteiger partial charge in [-0.15, -0.1) is 0 Å². The average Bonchev–Trinajstić information content (AvgIpc) is 2.04. The highest BCUT2D eigenvalue weighted by molar-refractivity contribution is 4.62. The monoisotopic (exact) mass is 175 g/mol. The van der Waals surface area contributed by atoms with Gasteiger partial charge in [-0.1, -0.05) is 13.3 Å². The molecule has 0 rings (SSSR count). The van der Waals surface area contributed by atoms with Crippen LogP contribution in [0.1, 0.15) is 40.0 Å². The van der Waals surface area contributed by atoms with Crippen LogP contribution in [0.25, 0.3) is 0 Å². The van der Waals surface area contributed by atoms with Crippen molar-refractivity contribution < 1.29 is 4.39 Å². The van der Waals surface area contributed by atoms with Gasteiger partial charge in [0.05, 0.1) is 6.67 Å². The maximum atomic E-state index is 11.9. The third-order valence-corrected chi connectivity index (χ3v) is 2.11. The zero-order valence-corrected chi connectivity index (χ0v) is 8.65. The summed E-state index contributed by atoms with van der Waals surface area (Å²) < 4.78 is 11.9. The lowest BCUT2D eigenvalue weighted by Crippen LogP contribution is -2.32. The first kappa shape index (κ1) is 11.9. The molecule has 0 spiro atoms. The lowest BCUT2D eigenvalue weighted by molar-refractivity contribution is 0.208. The highest BCUT2D eigenvalue weighted by Crippen LogP contribution is 2.02. The van der Waals surface area contributed by atoms with E-state index in [1.165, 1.54) is 12.8 Å². The molecule has 0 aliphatic carbocycles. The Balaban J connectivity index is 3.55. The fourth-order valence-corrected chi connectivity index (χ4v) is 1.25. The van der Waals surface area contributed by atoms with Gasteiger partial charge < -0.3 is 4.90 Å². The Morgan fingerprint density at radius 1 is 1.17 bits per heavy atom. The predicted molar refractivity (Wildman–Crippen MR) is 52.2 cm³/mol. The van der Waals surface area contributed by atoms with Crippen LogP contribution in [0.15, 0.2) is 0 Å². The Morgan fingerprint density at radius 3 is 2.17 bits per heavy atom. The van der Waals surface area contributed by atoms with Gasteiger partial charge in [0.2, 0.25) is 0 Å². The molecule has 0 fully saturated rings. The van der Waals surface area contributed by atoms with E-state index in [0.717, 1.165) is 13.1 Å². The second-order valence-electron chi connectivity index (χ2n) is 3.53. The zero-order chi connectivity index (χ0) is 9.40. The second kappa shape index (κ2) is 7.53. The molecule has 2 heteroatoms. The summed E-state index contributed by atoms with van der Waals surface area (Å²) >= 11 is 0. The van der Waals surface area contributed by atoms with Crippen molar-refractivity contribution in [1.29, 1.82) is 0 Å². The van der Waals surface area contributed by atoms with Crippen molar-refractivity contribution in [3.8, 4) is 0 Å². The first-order valence-electron chi connectivity index (χ1n) is 5.02. The van der Waals surface area contributed by atoms with Crippen LogP contribution in [0.3, 0.4) is 0 Å². The summed E-state index contributed by atoms with van der Waals surface area (Å²) in [6.07, 6.45) is 3.13. The summed E-state index contributed by atoms with van der Waals surface area (Å²) in [5.41, 5.74) is 0. The van der Waals surface area contributed by atoms with Crippen molar-refractivity contribution >= 4 is 0 Å². The number of hydrogen-bond acceptors (Lipinski definition) is 1. The number of nitrogens with zero attached hydrogens (tertiary/aromatic N) is 1. The summed E-state index contributed by atoms with van der Waals surface area (Å²) in [6.45, 7) is 8.38. The van der Waals surface area contributed by atoms with Gasteiger partial charge >= 0.3 is 0 Å². The molecule has 12 heavy (non-hydrogen) atoms. The lowest BCUT2D eigenvalue weighted by Gasteiger charge is -2.25. The molecule has 0 saturated heterocycles. The van der Waals surface area contributed by atoms with Crippen LogP contribution in [0, 0.1) is 0 Å². The number of rotatable bonds is 7. The van der Waals surface area contributed by atoms with E-state index >= 15 is 0 Å². The van der Waals surface area contributed by atoms with Gasteiger partial charge in [-0.2, -0.15) is 0 Å². The molecular weight excluding hydrogens is 153 g/mol. The van der Waals surface area contributed by atoms with Crippen molar-refractivity contribution in [3.05, 3.63) is 0 Å². The zero-order valence-electron chi connectivity index (χ0n) is 8.65. The Morgan fingerprint density at radius 2 is 1.75 bits per heavy atom. The smallest absolute Gasteiger partial charge is 0.0906 e. The quantitative estimate of drug-likeness (QED) is 0.575. The van der Waals surface area contributed by atoms with Gasteiger partial charge in [0.15, 0.2) is 0 Å². The normalized spacial score (nSPS) is 11.5. The van der Waals surface area contributed by atoms with E-state index in [1.54, 1.807) is 0 Å². The number of alkyl halides is 1. The maximum Gasteiger partial charge on any atom is 0.0906 e. The predicted octanol–water partition coefficient (Wildman–Crippen LogP) is 2.86. The van der Waals surface area contributed by atoms with Crippen LogP contribution < -0.4 is 0 Å². The SMILES string of the molecule is CCCCN(CCCF)C(C)C. The molecule has 0 unspecified atom stereocenters. The topological polar surface area (TPSA) is 3.24 Å². The molecule has 0 amide bonds. The van der Waals surface area contributed by atoms with E-state index in [1.807, 2.05) is 0 Å². The third-order valence-electron chi connectivity index (χ3n) is 2.11. The first-order chi connectivity index (χ1) is 5.72. The molecule has 74 valence electrons. The van der Waals surface area contributed by atoms with Crippen LogP contribution in [0.4, 0.5) is 4.39 Å². The Labute approximate surface area is 75.9 Å². The summed E-state index contributed by atoms with van der Waals surface area (Å²) in [4.78, 5) is 2.35. The van der Waals surface area contributed by atoms with E-state index in [4.69, 9.17) is 0 Å². The number of halogens is 1. The minimum atomic E-state index is -0.185. The summed E-state index contributed by atoms with van der Waals surface area (Å²) in [7, 11) is 0. The van der Waals surface area contributed by atoms with Gasteiger partial charge in [-0.3, -0.25) is 4.39 Å². The van der Waals surface area contributed by atoms with Crippen LogP contribution >= 0.6 is 0 Å². The largest absolute Gasteiger partial charge is 0.301 e. The molecule has 0 bridgehead atoms. The van der Waals surface area contributed by atoms with Gasteiger partial charge in [-0.05, 0) is 33.2 Å². The molecule has 0 N–H and O–H groups in total. The molecular formula is C10H22FN. The fraction of sp³-hybridized carbons (Fsp3) is 1.00. The van der Waals surface area contributed by atoms with E-state index in [2.05, 4.69) is 25.7 Å². The molecule has 0 atom stereocenters. The third kappa shape index (κ3) is 5.53. The van der Waals surface area contributed by atoms with Crippen molar-refractivity contribution in [2.45, 2.75) is 46.1 Å². The standard InChI is InChI=1S/C10H22FN/c1-4-5-8-12(10(2)3)9-6-7-11/h10H,4-9H2,1-3H3. The molecule has 0 aromatic heterocycles.